The molecule has 2 aromatic carbocycles. The van der Waals surface area contributed by atoms with E-state index >= 15 is 0 Å². The first-order valence-electron chi connectivity index (χ1n) is 8.62. The second kappa shape index (κ2) is 8.20. The van der Waals surface area contributed by atoms with Gasteiger partial charge in [-0.2, -0.15) is 5.01 Å². The monoisotopic (exact) mass is 419 g/mol. The first-order valence-corrected chi connectivity index (χ1v) is 9.37. The van der Waals surface area contributed by atoms with Gasteiger partial charge in [-0.1, -0.05) is 35.3 Å². The number of ether oxygens (including phenoxy) is 1. The molecule has 2 amide bonds. The number of hydrazone groups is 1. The number of halogens is 2. The third-order valence-electron chi connectivity index (χ3n) is 4.31. The molecule has 0 spiro atoms. The van der Waals surface area contributed by atoms with Crippen molar-refractivity contribution >= 4 is 46.6 Å². The quantitative estimate of drug-likeness (QED) is 0.744. The minimum Gasteiger partial charge on any atom is -0.448 e. The average Bonchev–Trinajstić information content (AvgIpc) is 3.04. The second-order valence-corrected chi connectivity index (χ2v) is 7.23. The Morgan fingerprint density at radius 2 is 1.89 bits per heavy atom. The van der Waals surface area contributed by atoms with Crippen LogP contribution in [0.1, 0.15) is 25.0 Å². The van der Waals surface area contributed by atoms with Crippen LogP contribution < -0.4 is 4.90 Å². The van der Waals surface area contributed by atoms with Crippen LogP contribution in [0.3, 0.4) is 0 Å². The van der Waals surface area contributed by atoms with E-state index in [0.29, 0.717) is 21.3 Å². The summed E-state index contributed by atoms with van der Waals surface area (Å²) in [5, 5.41) is 6.54. The van der Waals surface area contributed by atoms with Gasteiger partial charge in [-0.3, -0.25) is 9.59 Å². The molecule has 0 saturated heterocycles. The summed E-state index contributed by atoms with van der Waals surface area (Å²) in [4.78, 5) is 26.0. The molecule has 3 rings (SSSR count). The number of amides is 2. The summed E-state index contributed by atoms with van der Waals surface area (Å²) in [5.74, 6) is -0.255. The number of hydrogen-bond acceptors (Lipinski definition) is 4. The molecule has 146 valence electrons. The summed E-state index contributed by atoms with van der Waals surface area (Å²) < 4.78 is 5.92. The fourth-order valence-electron chi connectivity index (χ4n) is 2.98. The lowest BCUT2D eigenvalue weighted by Gasteiger charge is -2.28. The number of anilines is 1. The van der Waals surface area contributed by atoms with E-state index in [1.807, 2.05) is 6.92 Å². The Labute approximate surface area is 173 Å². The Kier molecular flexibility index (Phi) is 5.91. The smallest absolute Gasteiger partial charge is 0.243 e. The first kappa shape index (κ1) is 20.2. The Hall–Kier alpha value is -2.57. The molecule has 0 unspecified atom stereocenters. The van der Waals surface area contributed by atoms with Crippen LogP contribution in [0.15, 0.2) is 47.6 Å². The van der Waals surface area contributed by atoms with Crippen molar-refractivity contribution in [3.63, 3.8) is 0 Å². The number of nitrogens with zero attached hydrogens (tertiary/aromatic N) is 3. The Morgan fingerprint density at radius 1 is 1.18 bits per heavy atom. The highest BCUT2D eigenvalue weighted by Crippen LogP contribution is 2.27. The van der Waals surface area contributed by atoms with Gasteiger partial charge in [0.2, 0.25) is 23.9 Å². The Balaban J connectivity index is 1.90. The van der Waals surface area contributed by atoms with Crippen LogP contribution in [0, 0.1) is 6.92 Å². The number of carbonyl (C=O) groups excluding carboxylic acids is 2. The van der Waals surface area contributed by atoms with E-state index in [9.17, 15) is 9.59 Å². The van der Waals surface area contributed by atoms with Crippen molar-refractivity contribution in [3.8, 4) is 0 Å². The van der Waals surface area contributed by atoms with Gasteiger partial charge in [-0.25, -0.2) is 0 Å². The summed E-state index contributed by atoms with van der Waals surface area (Å²) >= 11 is 12.3. The zero-order valence-electron chi connectivity index (χ0n) is 15.6. The van der Waals surface area contributed by atoms with E-state index in [0.717, 1.165) is 5.56 Å². The van der Waals surface area contributed by atoms with Gasteiger partial charge in [0.15, 0.2) is 0 Å². The summed E-state index contributed by atoms with van der Waals surface area (Å²) in [7, 11) is 0. The lowest BCUT2D eigenvalue weighted by Crippen LogP contribution is -2.44. The van der Waals surface area contributed by atoms with Gasteiger partial charge in [0.1, 0.15) is 0 Å². The highest BCUT2D eigenvalue weighted by atomic mass is 35.5. The second-order valence-electron chi connectivity index (χ2n) is 6.38. The van der Waals surface area contributed by atoms with Gasteiger partial charge in [-0.05, 0) is 42.8 Å². The highest BCUT2D eigenvalue weighted by molar-refractivity contribution is 6.33. The van der Waals surface area contributed by atoms with Gasteiger partial charge in [0.25, 0.3) is 0 Å². The van der Waals surface area contributed by atoms with Crippen LogP contribution in [0.4, 0.5) is 5.69 Å². The van der Waals surface area contributed by atoms with E-state index in [1.165, 1.54) is 23.8 Å². The minimum atomic E-state index is -0.775. The van der Waals surface area contributed by atoms with Crippen LogP contribution in [0.25, 0.3) is 0 Å². The zero-order valence-corrected chi connectivity index (χ0v) is 17.2. The van der Waals surface area contributed by atoms with Crippen molar-refractivity contribution in [3.05, 3.63) is 63.6 Å². The van der Waals surface area contributed by atoms with Crippen molar-refractivity contribution in [2.45, 2.75) is 27.0 Å². The molecule has 8 heteroatoms. The van der Waals surface area contributed by atoms with Crippen molar-refractivity contribution < 1.29 is 14.3 Å². The van der Waals surface area contributed by atoms with Crippen LogP contribution in [-0.2, 0) is 14.3 Å². The molecule has 28 heavy (non-hydrogen) atoms. The lowest BCUT2D eigenvalue weighted by atomic mass is 10.1. The maximum absolute atomic E-state index is 12.3. The number of benzene rings is 2. The molecule has 0 radical (unpaired) electrons. The number of rotatable bonds is 4. The lowest BCUT2D eigenvalue weighted by molar-refractivity contribution is -0.135. The summed E-state index contributed by atoms with van der Waals surface area (Å²) in [5.41, 5.74) is 2.10. The number of hydrogen-bond donors (Lipinski definition) is 0. The SMILES string of the molecule is CC(=O)N(C[C@@H]1OC(c2ccccc2Cl)=NN1C(C)=O)c1ccc(Cl)cc1C. The van der Waals surface area contributed by atoms with Gasteiger partial charge >= 0.3 is 0 Å². The molecule has 0 fully saturated rings. The third kappa shape index (κ3) is 4.13. The van der Waals surface area contributed by atoms with Gasteiger partial charge in [0.05, 0.1) is 17.1 Å². The molecule has 2 aromatic rings. The maximum Gasteiger partial charge on any atom is 0.243 e. The zero-order chi connectivity index (χ0) is 20.4. The van der Waals surface area contributed by atoms with E-state index in [1.54, 1.807) is 42.5 Å². The molecule has 1 aliphatic rings. The molecule has 0 saturated carbocycles. The molecule has 1 heterocycles. The molecular formula is C20H19Cl2N3O3. The topological polar surface area (TPSA) is 62.2 Å². The molecule has 1 aliphatic heterocycles. The standard InChI is InChI=1S/C20H19Cl2N3O3/c1-12-10-15(21)8-9-18(12)24(13(2)26)11-19-25(14(3)27)23-20(28-19)16-6-4-5-7-17(16)22/h4-10,19H,11H2,1-3H3/t19-/m0/s1. The van der Waals surface area contributed by atoms with Crippen LogP contribution in [0.2, 0.25) is 10.0 Å². The van der Waals surface area contributed by atoms with E-state index < -0.39 is 6.23 Å². The van der Waals surface area contributed by atoms with Crippen molar-refractivity contribution in [2.24, 2.45) is 5.10 Å². The predicted octanol–water partition coefficient (Wildman–Crippen LogP) is 4.22. The summed E-state index contributed by atoms with van der Waals surface area (Å²) in [6.07, 6.45) is -0.775. The molecule has 0 N–H and O–H groups in total. The maximum atomic E-state index is 12.3. The molecule has 6 nitrogen and oxygen atoms in total. The Morgan fingerprint density at radius 3 is 2.50 bits per heavy atom. The average molecular weight is 420 g/mol. The van der Waals surface area contributed by atoms with Crippen molar-refractivity contribution in [1.29, 1.82) is 0 Å². The third-order valence-corrected chi connectivity index (χ3v) is 4.88. The van der Waals surface area contributed by atoms with E-state index in [4.69, 9.17) is 27.9 Å². The Bertz CT molecular complexity index is 961. The highest BCUT2D eigenvalue weighted by Gasteiger charge is 2.35. The van der Waals surface area contributed by atoms with Crippen LogP contribution in [0.5, 0.6) is 0 Å². The first-order chi connectivity index (χ1) is 13.3. The normalized spacial score (nSPS) is 15.8. The van der Waals surface area contributed by atoms with Crippen molar-refractivity contribution in [2.75, 3.05) is 11.4 Å². The number of carbonyl (C=O) groups is 2. The summed E-state index contributed by atoms with van der Waals surface area (Å²) in [6, 6.07) is 12.3. The molecule has 0 aromatic heterocycles. The van der Waals surface area contributed by atoms with Crippen LogP contribution >= 0.6 is 23.2 Å². The van der Waals surface area contributed by atoms with Crippen molar-refractivity contribution in [1.82, 2.24) is 5.01 Å². The van der Waals surface area contributed by atoms with Gasteiger partial charge in [-0.15, -0.1) is 5.10 Å². The van der Waals surface area contributed by atoms with Gasteiger partial charge < -0.3 is 9.64 Å². The predicted molar refractivity (Wildman–Crippen MR) is 110 cm³/mol. The fraction of sp³-hybridized carbons (Fsp3) is 0.250. The van der Waals surface area contributed by atoms with Crippen LogP contribution in [-0.4, -0.2) is 35.5 Å². The van der Waals surface area contributed by atoms with E-state index in [-0.39, 0.29) is 24.3 Å². The minimum absolute atomic E-state index is 0.106. The largest absolute Gasteiger partial charge is 0.448 e. The molecule has 0 aliphatic carbocycles. The molecule has 0 bridgehead atoms. The fourth-order valence-corrected chi connectivity index (χ4v) is 3.42. The molecular weight excluding hydrogens is 401 g/mol. The molecule has 1 atom stereocenters. The van der Waals surface area contributed by atoms with Gasteiger partial charge in [0, 0.05) is 24.6 Å². The number of aryl methyl sites for hydroxylation is 1. The van der Waals surface area contributed by atoms with E-state index in [2.05, 4.69) is 5.10 Å². The summed E-state index contributed by atoms with van der Waals surface area (Å²) in [6.45, 7) is 4.81.